The minimum atomic E-state index is -0.531. The van der Waals surface area contributed by atoms with Gasteiger partial charge in [-0.15, -0.1) is 0 Å². The van der Waals surface area contributed by atoms with Gasteiger partial charge in [-0.25, -0.2) is 0 Å². The smallest absolute Gasteiger partial charge is 0.241 e. The Bertz CT molecular complexity index is 468. The number of carbonyl (C=O) groups excluding carboxylic acids is 1. The number of nitriles is 1. The molecule has 0 fully saturated rings. The van der Waals surface area contributed by atoms with Gasteiger partial charge in [-0.3, -0.25) is 4.79 Å². The van der Waals surface area contributed by atoms with Crippen molar-refractivity contribution in [3.63, 3.8) is 0 Å². The van der Waals surface area contributed by atoms with E-state index in [1.54, 1.807) is 12.1 Å². The Labute approximate surface area is 112 Å². The minimum absolute atomic E-state index is 0.255. The lowest BCUT2D eigenvalue weighted by Crippen LogP contribution is -2.35. The third kappa shape index (κ3) is 4.02. The van der Waals surface area contributed by atoms with E-state index in [1.165, 1.54) is 6.07 Å². The van der Waals surface area contributed by atoms with Crippen LogP contribution in [0.25, 0.3) is 0 Å². The Morgan fingerprint density at radius 2 is 2.33 bits per heavy atom. The lowest BCUT2D eigenvalue weighted by atomic mass is 10.1. The molecule has 0 unspecified atom stereocenters. The zero-order chi connectivity index (χ0) is 13.5. The van der Waals surface area contributed by atoms with Gasteiger partial charge in [0.15, 0.2) is 0 Å². The number of nitrogens with zero attached hydrogens (tertiary/aromatic N) is 1. The predicted molar refractivity (Wildman–Crippen MR) is 72.3 cm³/mol. The van der Waals surface area contributed by atoms with Crippen LogP contribution in [-0.2, 0) is 4.79 Å². The molecular formula is C13H16ClN3O. The van der Waals surface area contributed by atoms with E-state index < -0.39 is 6.04 Å². The standard InChI is InChI=1S/C13H16ClN3O/c1-2-3-4-11(16)13(18)17-12-6-5-9(8-15)7-10(12)14/h5-7,11H,2-4,16H2,1H3,(H,17,18)/t11-/m0/s1. The van der Waals surface area contributed by atoms with Crippen LogP contribution >= 0.6 is 11.6 Å². The number of anilines is 1. The van der Waals surface area contributed by atoms with Crippen molar-refractivity contribution in [1.82, 2.24) is 0 Å². The normalized spacial score (nSPS) is 11.7. The van der Waals surface area contributed by atoms with E-state index in [2.05, 4.69) is 5.32 Å². The summed E-state index contributed by atoms with van der Waals surface area (Å²) in [6, 6.07) is 6.15. The number of carbonyl (C=O) groups is 1. The largest absolute Gasteiger partial charge is 0.323 e. The molecule has 0 heterocycles. The molecule has 0 aromatic heterocycles. The van der Waals surface area contributed by atoms with Crippen LogP contribution in [0.2, 0.25) is 5.02 Å². The van der Waals surface area contributed by atoms with Gasteiger partial charge in [0.25, 0.3) is 0 Å². The molecule has 1 rings (SSSR count). The first-order chi connectivity index (χ1) is 8.58. The maximum absolute atomic E-state index is 11.8. The van der Waals surface area contributed by atoms with Gasteiger partial charge in [-0.2, -0.15) is 5.26 Å². The number of nitrogens with two attached hydrogens (primary N) is 1. The maximum atomic E-state index is 11.8. The molecule has 0 saturated carbocycles. The first kappa shape index (κ1) is 14.5. The topological polar surface area (TPSA) is 78.9 Å². The summed E-state index contributed by atoms with van der Waals surface area (Å²) in [5.41, 5.74) is 6.68. The summed E-state index contributed by atoms with van der Waals surface area (Å²) in [4.78, 5) is 11.8. The Hall–Kier alpha value is -1.57. The van der Waals surface area contributed by atoms with Gasteiger partial charge in [0.1, 0.15) is 0 Å². The van der Waals surface area contributed by atoms with Crippen molar-refractivity contribution in [2.75, 3.05) is 5.32 Å². The molecule has 1 aromatic carbocycles. The van der Waals surface area contributed by atoms with E-state index in [-0.39, 0.29) is 5.91 Å². The molecule has 5 heteroatoms. The quantitative estimate of drug-likeness (QED) is 0.859. The van der Waals surface area contributed by atoms with Crippen molar-refractivity contribution < 1.29 is 4.79 Å². The fraction of sp³-hybridized carbons (Fsp3) is 0.385. The van der Waals surface area contributed by atoms with Crippen molar-refractivity contribution in [3.05, 3.63) is 28.8 Å². The second kappa shape index (κ2) is 7.00. The number of benzene rings is 1. The summed E-state index contributed by atoms with van der Waals surface area (Å²) >= 11 is 5.95. The van der Waals surface area contributed by atoms with Crippen LogP contribution < -0.4 is 11.1 Å². The molecule has 4 nitrogen and oxygen atoms in total. The fourth-order valence-electron chi connectivity index (χ4n) is 1.47. The second-order valence-corrected chi connectivity index (χ2v) is 4.45. The SMILES string of the molecule is CCCC[C@H](N)C(=O)Nc1ccc(C#N)cc1Cl. The first-order valence-corrected chi connectivity index (χ1v) is 6.22. The van der Waals surface area contributed by atoms with Gasteiger partial charge in [0.2, 0.25) is 5.91 Å². The number of rotatable bonds is 5. The molecular weight excluding hydrogens is 250 g/mol. The number of unbranched alkanes of at least 4 members (excludes halogenated alkanes) is 1. The van der Waals surface area contributed by atoms with E-state index in [9.17, 15) is 4.79 Å². The van der Waals surface area contributed by atoms with Crippen LogP contribution in [-0.4, -0.2) is 11.9 Å². The van der Waals surface area contributed by atoms with E-state index >= 15 is 0 Å². The van der Waals surface area contributed by atoms with Gasteiger partial charge in [0, 0.05) is 0 Å². The molecule has 1 amide bonds. The summed E-state index contributed by atoms with van der Waals surface area (Å²) < 4.78 is 0. The number of halogens is 1. The number of hydrogen-bond donors (Lipinski definition) is 2. The second-order valence-electron chi connectivity index (χ2n) is 4.04. The van der Waals surface area contributed by atoms with Crippen LogP contribution in [0.1, 0.15) is 31.7 Å². The number of nitrogens with one attached hydrogen (secondary N) is 1. The Morgan fingerprint density at radius 3 is 2.89 bits per heavy atom. The Morgan fingerprint density at radius 1 is 1.61 bits per heavy atom. The molecule has 1 aromatic rings. The van der Waals surface area contributed by atoms with Crippen LogP contribution in [0.15, 0.2) is 18.2 Å². The highest BCUT2D eigenvalue weighted by molar-refractivity contribution is 6.33. The molecule has 96 valence electrons. The van der Waals surface area contributed by atoms with Crippen LogP contribution in [0, 0.1) is 11.3 Å². The van der Waals surface area contributed by atoms with Gasteiger partial charge in [0.05, 0.1) is 28.4 Å². The van der Waals surface area contributed by atoms with Gasteiger partial charge < -0.3 is 11.1 Å². The highest BCUT2D eigenvalue weighted by Crippen LogP contribution is 2.22. The summed E-state index contributed by atoms with van der Waals surface area (Å²) in [6.45, 7) is 2.04. The zero-order valence-electron chi connectivity index (χ0n) is 10.2. The summed E-state index contributed by atoms with van der Waals surface area (Å²) in [6.07, 6.45) is 2.56. The average Bonchev–Trinajstić information content (AvgIpc) is 2.38. The van der Waals surface area contributed by atoms with Crippen molar-refractivity contribution in [2.24, 2.45) is 5.73 Å². The van der Waals surface area contributed by atoms with Crippen molar-refractivity contribution in [2.45, 2.75) is 32.2 Å². The summed E-state index contributed by atoms with van der Waals surface area (Å²) in [5.74, 6) is -0.255. The fourth-order valence-corrected chi connectivity index (χ4v) is 1.69. The van der Waals surface area contributed by atoms with E-state index in [0.717, 1.165) is 12.8 Å². The molecule has 18 heavy (non-hydrogen) atoms. The molecule has 0 radical (unpaired) electrons. The lowest BCUT2D eigenvalue weighted by Gasteiger charge is -2.12. The number of amides is 1. The molecule has 0 aliphatic heterocycles. The van der Waals surface area contributed by atoms with Crippen LogP contribution in [0.3, 0.4) is 0 Å². The molecule has 0 spiro atoms. The average molecular weight is 266 g/mol. The Kier molecular flexibility index (Phi) is 5.63. The third-order valence-corrected chi connectivity index (χ3v) is 2.87. The van der Waals surface area contributed by atoms with Crippen molar-refractivity contribution in [1.29, 1.82) is 5.26 Å². The van der Waals surface area contributed by atoms with Gasteiger partial charge in [-0.1, -0.05) is 31.4 Å². The number of hydrogen-bond acceptors (Lipinski definition) is 3. The molecule has 1 atom stereocenters. The molecule has 0 aliphatic carbocycles. The van der Waals surface area contributed by atoms with Crippen molar-refractivity contribution >= 4 is 23.2 Å². The Balaban J connectivity index is 2.67. The van der Waals surface area contributed by atoms with E-state index in [1.807, 2.05) is 13.0 Å². The highest BCUT2D eigenvalue weighted by atomic mass is 35.5. The van der Waals surface area contributed by atoms with Gasteiger partial charge in [-0.05, 0) is 24.6 Å². The van der Waals surface area contributed by atoms with Crippen LogP contribution in [0.4, 0.5) is 5.69 Å². The first-order valence-electron chi connectivity index (χ1n) is 5.84. The molecule has 0 aliphatic rings. The van der Waals surface area contributed by atoms with Crippen LogP contribution in [0.5, 0.6) is 0 Å². The predicted octanol–water partition coefficient (Wildman–Crippen LogP) is 2.67. The third-order valence-electron chi connectivity index (χ3n) is 2.56. The van der Waals surface area contributed by atoms with Gasteiger partial charge >= 0.3 is 0 Å². The molecule has 0 bridgehead atoms. The molecule has 0 saturated heterocycles. The van der Waals surface area contributed by atoms with E-state index in [0.29, 0.717) is 22.7 Å². The zero-order valence-corrected chi connectivity index (χ0v) is 11.0. The minimum Gasteiger partial charge on any atom is -0.323 e. The lowest BCUT2D eigenvalue weighted by molar-refractivity contribution is -0.117. The summed E-state index contributed by atoms with van der Waals surface area (Å²) in [7, 11) is 0. The highest BCUT2D eigenvalue weighted by Gasteiger charge is 2.14. The van der Waals surface area contributed by atoms with E-state index in [4.69, 9.17) is 22.6 Å². The summed E-state index contributed by atoms with van der Waals surface area (Å²) in [5, 5.41) is 11.7. The van der Waals surface area contributed by atoms with Crippen molar-refractivity contribution in [3.8, 4) is 6.07 Å². The maximum Gasteiger partial charge on any atom is 0.241 e. The molecule has 3 N–H and O–H groups in total. The monoisotopic (exact) mass is 265 g/mol.